The molecule has 1 saturated heterocycles. The second-order valence-electron chi connectivity index (χ2n) is 5.75. The molecule has 1 aromatic carbocycles. The molecule has 138 valence electrons. The number of carbonyl (C=O) groups excluding carboxylic acids is 1. The molecule has 0 bridgehead atoms. The van der Waals surface area contributed by atoms with E-state index in [1.165, 1.54) is 4.31 Å². The number of benzene rings is 1. The highest BCUT2D eigenvalue weighted by atomic mass is 32.2. The predicted octanol–water partition coefficient (Wildman–Crippen LogP) is 1.34. The van der Waals surface area contributed by atoms with Crippen molar-refractivity contribution in [2.24, 2.45) is 0 Å². The third kappa shape index (κ3) is 3.46. The summed E-state index contributed by atoms with van der Waals surface area (Å²) in [7, 11) is -3.00. The number of rotatable bonds is 4. The summed E-state index contributed by atoms with van der Waals surface area (Å²) < 4.78 is 46.2. The van der Waals surface area contributed by atoms with Crippen molar-refractivity contribution in [1.82, 2.24) is 14.6 Å². The minimum absolute atomic E-state index is 0.180. The summed E-state index contributed by atoms with van der Waals surface area (Å²) in [6, 6.07) is 5.98. The van der Waals surface area contributed by atoms with E-state index in [4.69, 9.17) is 0 Å². The SMILES string of the molecule is COC(=O)c1ccc(F)cc1S(=O)(=O)N1CCNCC1c1cccnc1. The first-order chi connectivity index (χ1) is 12.4. The van der Waals surface area contributed by atoms with Gasteiger partial charge in [-0.25, -0.2) is 17.6 Å². The molecule has 1 fully saturated rings. The monoisotopic (exact) mass is 379 g/mol. The van der Waals surface area contributed by atoms with E-state index in [-0.39, 0.29) is 12.1 Å². The number of pyridine rings is 1. The second-order valence-corrected chi connectivity index (χ2v) is 7.61. The lowest BCUT2D eigenvalue weighted by molar-refractivity contribution is 0.0596. The van der Waals surface area contributed by atoms with Crippen LogP contribution in [0.4, 0.5) is 4.39 Å². The first-order valence-electron chi connectivity index (χ1n) is 7.95. The quantitative estimate of drug-likeness (QED) is 0.807. The molecule has 0 saturated carbocycles. The Morgan fingerprint density at radius 2 is 2.19 bits per heavy atom. The average molecular weight is 379 g/mol. The highest BCUT2D eigenvalue weighted by Crippen LogP contribution is 2.30. The fraction of sp³-hybridized carbons (Fsp3) is 0.294. The standard InChI is InChI=1S/C17H18FN3O4S/c1-25-17(22)14-5-4-13(18)9-16(14)26(23,24)21-8-7-20-11-15(21)12-3-2-6-19-10-12/h2-6,9-10,15,20H,7-8,11H2,1H3. The smallest absolute Gasteiger partial charge is 0.339 e. The molecule has 1 aliphatic heterocycles. The van der Waals surface area contributed by atoms with Crippen molar-refractivity contribution in [2.45, 2.75) is 10.9 Å². The third-order valence-electron chi connectivity index (χ3n) is 4.20. The number of aromatic nitrogens is 1. The van der Waals surface area contributed by atoms with Gasteiger partial charge in [-0.05, 0) is 29.8 Å². The molecule has 26 heavy (non-hydrogen) atoms. The largest absolute Gasteiger partial charge is 0.465 e. The predicted molar refractivity (Wildman–Crippen MR) is 91.5 cm³/mol. The molecule has 0 spiro atoms. The summed E-state index contributed by atoms with van der Waals surface area (Å²) in [6.07, 6.45) is 3.19. The van der Waals surface area contributed by atoms with Gasteiger partial charge in [0, 0.05) is 32.0 Å². The highest BCUT2D eigenvalue weighted by molar-refractivity contribution is 7.89. The van der Waals surface area contributed by atoms with Gasteiger partial charge < -0.3 is 10.1 Å². The second kappa shape index (κ2) is 7.48. The molecule has 1 aromatic heterocycles. The molecule has 7 nitrogen and oxygen atoms in total. The number of ether oxygens (including phenoxy) is 1. The Morgan fingerprint density at radius 1 is 1.38 bits per heavy atom. The van der Waals surface area contributed by atoms with Crippen LogP contribution in [0.1, 0.15) is 22.0 Å². The van der Waals surface area contributed by atoms with Crippen molar-refractivity contribution in [3.05, 3.63) is 59.7 Å². The summed E-state index contributed by atoms with van der Waals surface area (Å²) in [5, 5.41) is 3.15. The molecule has 2 heterocycles. The number of methoxy groups -OCH3 is 1. The van der Waals surface area contributed by atoms with Gasteiger partial charge >= 0.3 is 5.97 Å². The molecular formula is C17H18FN3O4S. The topological polar surface area (TPSA) is 88.6 Å². The molecule has 9 heteroatoms. The van der Waals surface area contributed by atoms with Crippen molar-refractivity contribution >= 4 is 16.0 Å². The molecule has 0 aliphatic carbocycles. The maximum atomic E-state index is 13.8. The number of nitrogens with zero attached hydrogens (tertiary/aromatic N) is 2. The van der Waals surface area contributed by atoms with E-state index in [9.17, 15) is 17.6 Å². The van der Waals surface area contributed by atoms with Crippen LogP contribution >= 0.6 is 0 Å². The van der Waals surface area contributed by atoms with Crippen molar-refractivity contribution in [2.75, 3.05) is 26.7 Å². The average Bonchev–Trinajstić information content (AvgIpc) is 2.68. The van der Waals surface area contributed by atoms with Gasteiger partial charge in [0.2, 0.25) is 10.0 Å². The van der Waals surface area contributed by atoms with Gasteiger partial charge in [0.05, 0.1) is 23.6 Å². The van der Waals surface area contributed by atoms with Crippen LogP contribution in [0.25, 0.3) is 0 Å². The van der Waals surface area contributed by atoms with Gasteiger partial charge in [0.25, 0.3) is 0 Å². The summed E-state index contributed by atoms with van der Waals surface area (Å²) in [5.41, 5.74) is 0.511. The van der Waals surface area contributed by atoms with Gasteiger partial charge in [-0.3, -0.25) is 4.98 Å². The molecule has 1 atom stereocenters. The fourth-order valence-electron chi connectivity index (χ4n) is 2.95. The summed E-state index contributed by atoms with van der Waals surface area (Å²) in [5.74, 6) is -1.58. The number of hydrogen-bond acceptors (Lipinski definition) is 6. The van der Waals surface area contributed by atoms with Crippen LogP contribution < -0.4 is 5.32 Å². The minimum atomic E-state index is -4.14. The molecule has 1 unspecified atom stereocenters. The van der Waals surface area contributed by atoms with Crippen LogP contribution in [0.5, 0.6) is 0 Å². The van der Waals surface area contributed by atoms with Gasteiger partial charge in [0.1, 0.15) is 5.82 Å². The van der Waals surface area contributed by atoms with E-state index in [1.54, 1.807) is 24.5 Å². The maximum absolute atomic E-state index is 13.8. The maximum Gasteiger partial charge on any atom is 0.339 e. The van der Waals surface area contributed by atoms with E-state index < -0.39 is 32.7 Å². The van der Waals surface area contributed by atoms with Crippen molar-refractivity contribution in [3.8, 4) is 0 Å². The zero-order valence-corrected chi connectivity index (χ0v) is 14.9. The number of hydrogen-bond donors (Lipinski definition) is 1. The number of carbonyl (C=O) groups is 1. The van der Waals surface area contributed by atoms with Crippen LogP contribution in [-0.2, 0) is 14.8 Å². The normalized spacial score (nSPS) is 18.5. The van der Waals surface area contributed by atoms with Gasteiger partial charge in [0.15, 0.2) is 0 Å². The molecule has 2 aromatic rings. The minimum Gasteiger partial charge on any atom is -0.465 e. The molecule has 1 aliphatic rings. The van der Waals surface area contributed by atoms with E-state index in [1.807, 2.05) is 0 Å². The Balaban J connectivity index is 2.09. The lowest BCUT2D eigenvalue weighted by atomic mass is 10.1. The Labute approximate surface area is 150 Å². The van der Waals surface area contributed by atoms with E-state index in [0.717, 1.165) is 25.3 Å². The highest BCUT2D eigenvalue weighted by Gasteiger charge is 2.37. The van der Waals surface area contributed by atoms with Gasteiger partial charge in [-0.2, -0.15) is 4.31 Å². The zero-order chi connectivity index (χ0) is 18.7. The first-order valence-corrected chi connectivity index (χ1v) is 9.39. The molecular weight excluding hydrogens is 361 g/mol. The van der Waals surface area contributed by atoms with E-state index >= 15 is 0 Å². The Bertz CT molecular complexity index is 905. The number of sulfonamides is 1. The Kier molecular flexibility index (Phi) is 5.30. The fourth-order valence-corrected chi connectivity index (χ4v) is 4.75. The van der Waals surface area contributed by atoms with E-state index in [0.29, 0.717) is 18.7 Å². The van der Waals surface area contributed by atoms with Crippen molar-refractivity contribution in [1.29, 1.82) is 0 Å². The van der Waals surface area contributed by atoms with Gasteiger partial charge in [-0.15, -0.1) is 0 Å². The Morgan fingerprint density at radius 3 is 2.88 bits per heavy atom. The van der Waals surface area contributed by atoms with Crippen molar-refractivity contribution < 1.29 is 22.3 Å². The van der Waals surface area contributed by atoms with E-state index in [2.05, 4.69) is 15.0 Å². The third-order valence-corrected chi connectivity index (χ3v) is 6.15. The molecule has 3 rings (SSSR count). The van der Waals surface area contributed by atoms with Crippen LogP contribution in [-0.4, -0.2) is 50.4 Å². The molecule has 0 amide bonds. The number of halogens is 1. The Hall–Kier alpha value is -2.36. The molecule has 0 radical (unpaired) electrons. The van der Waals surface area contributed by atoms with Gasteiger partial charge in [-0.1, -0.05) is 6.07 Å². The van der Waals surface area contributed by atoms with Crippen LogP contribution in [0.15, 0.2) is 47.6 Å². The van der Waals surface area contributed by atoms with Crippen molar-refractivity contribution in [3.63, 3.8) is 0 Å². The number of esters is 1. The zero-order valence-electron chi connectivity index (χ0n) is 14.1. The van der Waals surface area contributed by atoms with Crippen LogP contribution in [0.2, 0.25) is 0 Å². The summed E-state index contributed by atoms with van der Waals surface area (Å²) >= 11 is 0. The lowest BCUT2D eigenvalue weighted by Gasteiger charge is -2.35. The van der Waals surface area contributed by atoms with Crippen LogP contribution in [0, 0.1) is 5.82 Å². The van der Waals surface area contributed by atoms with Crippen LogP contribution in [0.3, 0.4) is 0 Å². The number of piperazine rings is 1. The molecule has 1 N–H and O–H groups in total. The summed E-state index contributed by atoms with van der Waals surface area (Å²) in [6.45, 7) is 1.01. The first kappa shape index (κ1) is 18.4. The lowest BCUT2D eigenvalue weighted by Crippen LogP contribution is -2.48. The number of nitrogens with one attached hydrogen (secondary N) is 1. The summed E-state index contributed by atoms with van der Waals surface area (Å²) in [4.78, 5) is 15.6.